The van der Waals surface area contributed by atoms with Gasteiger partial charge in [-0.1, -0.05) is 0 Å². The zero-order valence-electron chi connectivity index (χ0n) is 9.07. The molecule has 0 radical (unpaired) electrons. The van der Waals surface area contributed by atoms with Crippen molar-refractivity contribution in [3.63, 3.8) is 0 Å². The fraction of sp³-hybridized carbons (Fsp3) is 0.364. The SMILES string of the molecule is COc1ccc2c(c1)[nH]c(=O)n2C(C)C. The molecule has 80 valence electrons. The Bertz CT molecular complexity index is 537. The maximum atomic E-state index is 11.6. The molecule has 2 rings (SSSR count). The number of aromatic nitrogens is 2. The van der Waals surface area contributed by atoms with Crippen LogP contribution in [0.4, 0.5) is 0 Å². The molecular formula is C11H14N2O2. The number of nitrogens with zero attached hydrogens (tertiary/aromatic N) is 1. The topological polar surface area (TPSA) is 47.0 Å². The van der Waals surface area contributed by atoms with Crippen LogP contribution in [0.15, 0.2) is 23.0 Å². The zero-order chi connectivity index (χ0) is 11.0. The molecule has 0 aliphatic rings. The Morgan fingerprint density at radius 1 is 1.40 bits per heavy atom. The van der Waals surface area contributed by atoms with Crippen molar-refractivity contribution in [2.75, 3.05) is 7.11 Å². The maximum absolute atomic E-state index is 11.6. The van der Waals surface area contributed by atoms with Crippen LogP contribution in [0.5, 0.6) is 5.75 Å². The van der Waals surface area contributed by atoms with Crippen LogP contribution in [0.2, 0.25) is 0 Å². The Morgan fingerprint density at radius 3 is 2.73 bits per heavy atom. The smallest absolute Gasteiger partial charge is 0.326 e. The highest BCUT2D eigenvalue weighted by Gasteiger charge is 2.09. The van der Waals surface area contributed by atoms with Gasteiger partial charge in [0.05, 0.1) is 18.1 Å². The Labute approximate surface area is 87.5 Å². The lowest BCUT2D eigenvalue weighted by molar-refractivity contribution is 0.415. The highest BCUT2D eigenvalue weighted by molar-refractivity contribution is 5.77. The lowest BCUT2D eigenvalue weighted by Crippen LogP contribution is -2.18. The van der Waals surface area contributed by atoms with Gasteiger partial charge in [0, 0.05) is 12.1 Å². The van der Waals surface area contributed by atoms with Crippen molar-refractivity contribution in [2.45, 2.75) is 19.9 Å². The summed E-state index contributed by atoms with van der Waals surface area (Å²) in [6.45, 7) is 3.97. The van der Waals surface area contributed by atoms with E-state index >= 15 is 0 Å². The van der Waals surface area contributed by atoms with E-state index in [1.165, 1.54) is 0 Å². The highest BCUT2D eigenvalue weighted by Crippen LogP contribution is 2.19. The van der Waals surface area contributed by atoms with Gasteiger partial charge in [-0.3, -0.25) is 4.57 Å². The average Bonchev–Trinajstić information content (AvgIpc) is 2.52. The van der Waals surface area contributed by atoms with Gasteiger partial charge in [-0.05, 0) is 26.0 Å². The van der Waals surface area contributed by atoms with Crippen molar-refractivity contribution in [2.24, 2.45) is 0 Å². The minimum Gasteiger partial charge on any atom is -0.497 e. The Balaban J connectivity index is 2.74. The predicted molar refractivity (Wildman–Crippen MR) is 59.5 cm³/mol. The molecule has 4 nitrogen and oxygen atoms in total. The second-order valence-corrected chi connectivity index (χ2v) is 3.78. The Hall–Kier alpha value is -1.71. The summed E-state index contributed by atoms with van der Waals surface area (Å²) in [5, 5.41) is 0. The molecule has 4 heteroatoms. The van der Waals surface area contributed by atoms with Crippen LogP contribution in [0.25, 0.3) is 11.0 Å². The van der Waals surface area contributed by atoms with Gasteiger partial charge in [-0.25, -0.2) is 4.79 Å². The van der Waals surface area contributed by atoms with Crippen molar-refractivity contribution < 1.29 is 4.74 Å². The molecule has 1 heterocycles. The number of aromatic amines is 1. The molecule has 0 saturated heterocycles. The van der Waals surface area contributed by atoms with Gasteiger partial charge in [0.25, 0.3) is 0 Å². The van der Waals surface area contributed by atoms with Crippen LogP contribution in [-0.2, 0) is 0 Å². The fourth-order valence-corrected chi connectivity index (χ4v) is 1.75. The third-order valence-corrected chi connectivity index (χ3v) is 2.44. The second-order valence-electron chi connectivity index (χ2n) is 3.78. The molecule has 0 aliphatic carbocycles. The maximum Gasteiger partial charge on any atom is 0.326 e. The van der Waals surface area contributed by atoms with E-state index in [1.807, 2.05) is 32.0 Å². The van der Waals surface area contributed by atoms with E-state index in [0.717, 1.165) is 16.8 Å². The van der Waals surface area contributed by atoms with Gasteiger partial charge in [-0.2, -0.15) is 0 Å². The first-order chi connectivity index (χ1) is 7.13. The summed E-state index contributed by atoms with van der Waals surface area (Å²) in [6.07, 6.45) is 0. The second kappa shape index (κ2) is 3.46. The number of rotatable bonds is 2. The van der Waals surface area contributed by atoms with Crippen molar-refractivity contribution >= 4 is 11.0 Å². The normalized spacial score (nSPS) is 11.2. The third kappa shape index (κ3) is 1.52. The van der Waals surface area contributed by atoms with Gasteiger partial charge in [-0.15, -0.1) is 0 Å². The summed E-state index contributed by atoms with van der Waals surface area (Å²) in [4.78, 5) is 14.5. The summed E-state index contributed by atoms with van der Waals surface area (Å²) in [5.74, 6) is 0.750. The number of methoxy groups -OCH3 is 1. The number of benzene rings is 1. The van der Waals surface area contributed by atoms with E-state index in [0.29, 0.717) is 0 Å². The fourth-order valence-electron chi connectivity index (χ4n) is 1.75. The van der Waals surface area contributed by atoms with E-state index in [2.05, 4.69) is 4.98 Å². The first kappa shape index (κ1) is 9.83. The number of hydrogen-bond donors (Lipinski definition) is 1. The summed E-state index contributed by atoms with van der Waals surface area (Å²) in [6, 6.07) is 5.73. The van der Waals surface area contributed by atoms with Crippen LogP contribution in [0, 0.1) is 0 Å². The van der Waals surface area contributed by atoms with Crippen molar-refractivity contribution in [1.29, 1.82) is 0 Å². The van der Waals surface area contributed by atoms with E-state index < -0.39 is 0 Å². The van der Waals surface area contributed by atoms with Crippen molar-refractivity contribution in [3.05, 3.63) is 28.7 Å². The van der Waals surface area contributed by atoms with E-state index in [-0.39, 0.29) is 11.7 Å². The standard InChI is InChI=1S/C11H14N2O2/c1-7(2)13-10-5-4-8(15-3)6-9(10)12-11(13)14/h4-7H,1-3H3,(H,12,14). The van der Waals surface area contributed by atoms with Crippen molar-refractivity contribution in [1.82, 2.24) is 9.55 Å². The summed E-state index contributed by atoms with van der Waals surface area (Å²) in [5.41, 5.74) is 1.65. The molecule has 1 aromatic heterocycles. The van der Waals surface area contributed by atoms with Crippen LogP contribution in [-0.4, -0.2) is 16.7 Å². The number of imidazole rings is 1. The van der Waals surface area contributed by atoms with Gasteiger partial charge in [0.15, 0.2) is 0 Å². The molecule has 0 spiro atoms. The van der Waals surface area contributed by atoms with E-state index in [9.17, 15) is 4.79 Å². The number of H-pyrrole nitrogens is 1. The highest BCUT2D eigenvalue weighted by atomic mass is 16.5. The van der Waals surface area contributed by atoms with Crippen LogP contribution >= 0.6 is 0 Å². The molecule has 0 bridgehead atoms. The third-order valence-electron chi connectivity index (χ3n) is 2.44. The van der Waals surface area contributed by atoms with Gasteiger partial charge >= 0.3 is 5.69 Å². The monoisotopic (exact) mass is 206 g/mol. The lowest BCUT2D eigenvalue weighted by atomic mass is 10.3. The molecule has 15 heavy (non-hydrogen) atoms. The van der Waals surface area contributed by atoms with E-state index in [1.54, 1.807) is 11.7 Å². The number of hydrogen-bond acceptors (Lipinski definition) is 2. The first-order valence-corrected chi connectivity index (χ1v) is 4.91. The summed E-state index contributed by atoms with van der Waals surface area (Å²) >= 11 is 0. The molecule has 1 N–H and O–H groups in total. The molecule has 0 unspecified atom stereocenters. The molecular weight excluding hydrogens is 192 g/mol. The molecule has 0 fully saturated rings. The zero-order valence-corrected chi connectivity index (χ0v) is 9.07. The van der Waals surface area contributed by atoms with Gasteiger partial charge < -0.3 is 9.72 Å². The first-order valence-electron chi connectivity index (χ1n) is 4.91. The van der Waals surface area contributed by atoms with E-state index in [4.69, 9.17) is 4.74 Å². The molecule has 0 saturated carbocycles. The minimum absolute atomic E-state index is 0.0757. The molecule has 0 amide bonds. The van der Waals surface area contributed by atoms with Gasteiger partial charge in [0.1, 0.15) is 5.75 Å². The minimum atomic E-state index is -0.0757. The number of ether oxygens (including phenoxy) is 1. The molecule has 0 atom stereocenters. The quantitative estimate of drug-likeness (QED) is 0.816. The van der Waals surface area contributed by atoms with Crippen LogP contribution in [0.1, 0.15) is 19.9 Å². The molecule has 0 aliphatic heterocycles. The molecule has 2 aromatic rings. The van der Waals surface area contributed by atoms with Crippen molar-refractivity contribution in [3.8, 4) is 5.75 Å². The molecule has 1 aromatic carbocycles. The summed E-state index contributed by atoms with van der Waals surface area (Å²) < 4.78 is 6.83. The number of fused-ring (bicyclic) bond motifs is 1. The largest absolute Gasteiger partial charge is 0.497 e. The summed E-state index contributed by atoms with van der Waals surface area (Å²) in [7, 11) is 1.61. The average molecular weight is 206 g/mol. The van der Waals surface area contributed by atoms with Gasteiger partial charge in [0.2, 0.25) is 0 Å². The van der Waals surface area contributed by atoms with Crippen LogP contribution in [0.3, 0.4) is 0 Å². The van der Waals surface area contributed by atoms with Crippen LogP contribution < -0.4 is 10.4 Å². The number of nitrogens with one attached hydrogen (secondary N) is 1. The predicted octanol–water partition coefficient (Wildman–Crippen LogP) is 1.92. The Kier molecular flexibility index (Phi) is 2.26. The lowest BCUT2D eigenvalue weighted by Gasteiger charge is -2.06. The Morgan fingerprint density at radius 2 is 2.13 bits per heavy atom.